The zero-order valence-electron chi connectivity index (χ0n) is 5.28. The first kappa shape index (κ1) is 5.29. The molecule has 3 nitrogen and oxygen atoms in total. The molecule has 1 aromatic rings. The molecule has 0 fully saturated rings. The van der Waals surface area contributed by atoms with Gasteiger partial charge in [-0.15, -0.1) is 0 Å². The molecule has 3 heteroatoms. The van der Waals surface area contributed by atoms with Crippen molar-refractivity contribution in [3.05, 3.63) is 41.6 Å². The summed E-state index contributed by atoms with van der Waals surface area (Å²) in [5.41, 5.74) is 0.674. The highest BCUT2D eigenvalue weighted by Crippen LogP contribution is 1.91. The Hall–Kier alpha value is -1.51. The Labute approximate surface area is 57.5 Å². The molecule has 0 spiro atoms. The van der Waals surface area contributed by atoms with Crippen molar-refractivity contribution in [2.75, 3.05) is 0 Å². The maximum absolute atomic E-state index is 4.03. The largest absolute Gasteiger partial charge is 0.235 e. The van der Waals surface area contributed by atoms with Gasteiger partial charge in [0.1, 0.15) is 11.2 Å². The second kappa shape index (κ2) is 1.73. The molecule has 0 aliphatic carbocycles. The number of pyridine rings is 1. The molecule has 0 atom stereocenters. The third kappa shape index (κ3) is 0.639. The molecule has 10 heavy (non-hydrogen) atoms. The Morgan fingerprint density at radius 2 is 2.20 bits per heavy atom. The van der Waals surface area contributed by atoms with Gasteiger partial charge in [0.2, 0.25) is 0 Å². The number of rotatable bonds is 0. The van der Waals surface area contributed by atoms with Crippen molar-refractivity contribution in [3.8, 4) is 0 Å². The van der Waals surface area contributed by atoms with Gasteiger partial charge in [0.05, 0.1) is 0 Å². The van der Waals surface area contributed by atoms with E-state index in [9.17, 15) is 0 Å². The Morgan fingerprint density at radius 3 is 3.00 bits per heavy atom. The van der Waals surface area contributed by atoms with Crippen LogP contribution in [0.4, 0.5) is 0 Å². The van der Waals surface area contributed by atoms with Gasteiger partial charge in [-0.1, -0.05) is 6.58 Å². The first-order chi connectivity index (χ1) is 4.86. The highest BCUT2D eigenvalue weighted by atomic mass is 15.0. The lowest BCUT2D eigenvalue weighted by Crippen LogP contribution is -2.23. The zero-order valence-corrected chi connectivity index (χ0v) is 5.28. The number of aromatic nitrogens is 1. The summed E-state index contributed by atoms with van der Waals surface area (Å²) in [5, 5.41) is 0.813. The minimum absolute atomic E-state index is 0.536. The van der Waals surface area contributed by atoms with E-state index in [-0.39, 0.29) is 0 Å². The zero-order chi connectivity index (χ0) is 6.97. The summed E-state index contributed by atoms with van der Waals surface area (Å²) in [7, 11) is 0. The van der Waals surface area contributed by atoms with Crippen molar-refractivity contribution >= 4 is 0 Å². The summed E-state index contributed by atoms with van der Waals surface area (Å²) >= 11 is 0. The molecule has 1 aliphatic rings. The van der Waals surface area contributed by atoms with E-state index < -0.39 is 0 Å². The fourth-order valence-electron chi connectivity index (χ4n) is 0.848. The molecule has 0 amide bonds. The van der Waals surface area contributed by atoms with E-state index in [1.165, 1.54) is 0 Å². The molecule has 0 N–H and O–H groups in total. The van der Waals surface area contributed by atoms with Crippen LogP contribution in [0.3, 0.4) is 0 Å². The molecule has 2 heterocycles. The molecule has 1 aromatic heterocycles. The Balaban J connectivity index is 2.96. The molecular formula is C7H5N3. The molecular weight excluding hydrogens is 126 g/mol. The summed E-state index contributed by atoms with van der Waals surface area (Å²) in [6.07, 6.45) is 1.69. The molecule has 2 rings (SSSR count). The van der Waals surface area contributed by atoms with Gasteiger partial charge in [-0.2, -0.15) is 0 Å². The van der Waals surface area contributed by atoms with Gasteiger partial charge >= 0.3 is 0 Å². The monoisotopic (exact) mass is 131 g/mol. The van der Waals surface area contributed by atoms with Crippen molar-refractivity contribution in [2.45, 2.75) is 0 Å². The van der Waals surface area contributed by atoms with Crippen LogP contribution < -0.4 is 10.8 Å². The van der Waals surface area contributed by atoms with E-state index in [4.69, 9.17) is 0 Å². The summed E-state index contributed by atoms with van der Waals surface area (Å²) in [5.74, 6) is 0.536. The van der Waals surface area contributed by atoms with Crippen LogP contribution in [0.15, 0.2) is 40.7 Å². The van der Waals surface area contributed by atoms with Crippen molar-refractivity contribution in [2.24, 2.45) is 9.98 Å². The van der Waals surface area contributed by atoms with E-state index in [1.807, 2.05) is 12.1 Å². The number of hydrogen-bond acceptors (Lipinski definition) is 3. The van der Waals surface area contributed by atoms with Crippen molar-refractivity contribution in [1.82, 2.24) is 4.98 Å². The molecule has 0 radical (unpaired) electrons. The second-order valence-electron chi connectivity index (χ2n) is 1.99. The summed E-state index contributed by atoms with van der Waals surface area (Å²) < 4.78 is 0. The van der Waals surface area contributed by atoms with Crippen LogP contribution >= 0.6 is 0 Å². The van der Waals surface area contributed by atoms with Crippen LogP contribution in [0.25, 0.3) is 0 Å². The number of hydrogen-bond donors (Lipinski definition) is 0. The molecule has 1 aliphatic heterocycles. The fourth-order valence-corrected chi connectivity index (χ4v) is 0.848. The second-order valence-corrected chi connectivity index (χ2v) is 1.99. The standard InChI is InChI=1S/C7H5N3/c1-5-9-6-3-2-4-8-7(6)10-5/h2-4H,1H2. The normalized spacial score (nSPS) is 13.8. The highest BCUT2D eigenvalue weighted by Gasteiger charge is 1.97. The summed E-state index contributed by atoms with van der Waals surface area (Å²) in [4.78, 5) is 12.0. The lowest BCUT2D eigenvalue weighted by molar-refractivity contribution is 1.13. The molecule has 0 saturated carbocycles. The molecule has 0 saturated heterocycles. The van der Waals surface area contributed by atoms with Crippen molar-refractivity contribution in [3.63, 3.8) is 0 Å². The Kier molecular flexibility index (Phi) is 0.917. The predicted molar refractivity (Wildman–Crippen MR) is 35.7 cm³/mol. The van der Waals surface area contributed by atoms with Gasteiger partial charge in [0, 0.05) is 6.20 Å². The number of nitrogens with zero attached hydrogens (tertiary/aromatic N) is 3. The molecule has 0 bridgehead atoms. The summed E-state index contributed by atoms with van der Waals surface area (Å²) in [6.45, 7) is 3.60. The van der Waals surface area contributed by atoms with E-state index in [2.05, 4.69) is 21.5 Å². The topological polar surface area (TPSA) is 37.6 Å². The third-order valence-corrected chi connectivity index (χ3v) is 1.25. The predicted octanol–water partition coefficient (Wildman–Crippen LogP) is -0.194. The maximum atomic E-state index is 4.03. The quantitative estimate of drug-likeness (QED) is 0.480. The van der Waals surface area contributed by atoms with Gasteiger partial charge in [-0.05, 0) is 12.1 Å². The molecule has 0 unspecified atom stereocenters. The average Bonchev–Trinajstić information content (AvgIpc) is 2.27. The van der Waals surface area contributed by atoms with E-state index in [1.54, 1.807) is 6.20 Å². The highest BCUT2D eigenvalue weighted by molar-refractivity contribution is 5.03. The van der Waals surface area contributed by atoms with Crippen LogP contribution in [-0.4, -0.2) is 4.98 Å². The first-order valence-corrected chi connectivity index (χ1v) is 2.94. The Bertz CT molecular complexity index is 355. The van der Waals surface area contributed by atoms with E-state index in [0.717, 1.165) is 5.36 Å². The fraction of sp³-hybridized carbons (Fsp3) is 0. The van der Waals surface area contributed by atoms with Crippen molar-refractivity contribution < 1.29 is 0 Å². The lowest BCUT2D eigenvalue weighted by Gasteiger charge is -1.75. The van der Waals surface area contributed by atoms with Crippen LogP contribution in [0, 0.1) is 0 Å². The number of fused-ring (bicyclic) bond motifs is 1. The van der Waals surface area contributed by atoms with Gasteiger partial charge in [-0.25, -0.2) is 15.0 Å². The van der Waals surface area contributed by atoms with Gasteiger partial charge in [-0.3, -0.25) is 0 Å². The van der Waals surface area contributed by atoms with Crippen molar-refractivity contribution in [1.29, 1.82) is 0 Å². The summed E-state index contributed by atoms with van der Waals surface area (Å²) in [6, 6.07) is 3.69. The van der Waals surface area contributed by atoms with Gasteiger partial charge in [0.25, 0.3) is 0 Å². The molecule has 48 valence electrons. The van der Waals surface area contributed by atoms with E-state index in [0.29, 0.717) is 11.3 Å². The van der Waals surface area contributed by atoms with Gasteiger partial charge in [0.15, 0.2) is 5.49 Å². The van der Waals surface area contributed by atoms with E-state index >= 15 is 0 Å². The minimum Gasteiger partial charge on any atom is -0.235 e. The van der Waals surface area contributed by atoms with Crippen LogP contribution in [0.2, 0.25) is 0 Å². The lowest BCUT2D eigenvalue weighted by atomic mass is 10.5. The molecule has 0 aromatic carbocycles. The first-order valence-electron chi connectivity index (χ1n) is 2.94. The Morgan fingerprint density at radius 1 is 1.30 bits per heavy atom. The van der Waals surface area contributed by atoms with Crippen LogP contribution in [0.1, 0.15) is 0 Å². The average molecular weight is 131 g/mol. The maximum Gasteiger partial charge on any atom is 0.180 e. The smallest absolute Gasteiger partial charge is 0.180 e. The SMILES string of the molecule is C=C1N=c2cccnc2=N1. The van der Waals surface area contributed by atoms with Crippen LogP contribution in [0.5, 0.6) is 0 Å². The third-order valence-electron chi connectivity index (χ3n) is 1.25. The van der Waals surface area contributed by atoms with Crippen LogP contribution in [-0.2, 0) is 0 Å². The van der Waals surface area contributed by atoms with Gasteiger partial charge < -0.3 is 0 Å². The minimum atomic E-state index is 0.536.